The van der Waals surface area contributed by atoms with Crippen LogP contribution in [0.15, 0.2) is 42.7 Å². The van der Waals surface area contributed by atoms with Crippen LogP contribution < -0.4 is 5.32 Å². The maximum absolute atomic E-state index is 12.8. The van der Waals surface area contributed by atoms with Gasteiger partial charge in [-0.1, -0.05) is 6.07 Å². The molecule has 7 nitrogen and oxygen atoms in total. The number of carbonyl (C=O) groups is 1. The molecule has 26 heavy (non-hydrogen) atoms. The maximum Gasteiger partial charge on any atom is 0.254 e. The predicted molar refractivity (Wildman–Crippen MR) is 95.6 cm³/mol. The lowest BCUT2D eigenvalue weighted by Gasteiger charge is -2.37. The molecule has 0 atom stereocenters. The number of carbonyl (C=O) groups excluding carboxylic acids is 1. The summed E-state index contributed by atoms with van der Waals surface area (Å²) in [6.45, 7) is 3.12. The van der Waals surface area contributed by atoms with Gasteiger partial charge in [0.25, 0.3) is 5.91 Å². The van der Waals surface area contributed by atoms with E-state index in [0.29, 0.717) is 57.1 Å². The number of piperidine rings is 1. The van der Waals surface area contributed by atoms with E-state index in [2.05, 4.69) is 15.3 Å². The van der Waals surface area contributed by atoms with Crippen LogP contribution in [0.5, 0.6) is 0 Å². The molecule has 2 fully saturated rings. The Kier molecular flexibility index (Phi) is 4.81. The van der Waals surface area contributed by atoms with Gasteiger partial charge in [0.05, 0.1) is 25.5 Å². The van der Waals surface area contributed by atoms with Gasteiger partial charge in [-0.05, 0) is 24.3 Å². The Labute approximate surface area is 152 Å². The van der Waals surface area contributed by atoms with Crippen molar-refractivity contribution in [1.82, 2.24) is 14.9 Å². The SMILES string of the molecule is O=C(c1ccnc(NCc2ccccn2)c1)N1CCC2(CC1)OCCO2. The summed E-state index contributed by atoms with van der Waals surface area (Å²) in [6.07, 6.45) is 4.84. The van der Waals surface area contributed by atoms with Crippen molar-refractivity contribution < 1.29 is 14.3 Å². The second-order valence-corrected chi connectivity index (χ2v) is 6.50. The van der Waals surface area contributed by atoms with E-state index < -0.39 is 5.79 Å². The van der Waals surface area contributed by atoms with Crippen LogP contribution in [0.3, 0.4) is 0 Å². The molecule has 2 aliphatic rings. The molecule has 2 saturated heterocycles. The van der Waals surface area contributed by atoms with Crippen molar-refractivity contribution in [1.29, 1.82) is 0 Å². The number of anilines is 1. The summed E-state index contributed by atoms with van der Waals surface area (Å²) in [5.41, 5.74) is 1.55. The molecule has 2 aromatic rings. The van der Waals surface area contributed by atoms with E-state index in [1.54, 1.807) is 24.5 Å². The zero-order valence-electron chi connectivity index (χ0n) is 14.6. The second-order valence-electron chi connectivity index (χ2n) is 6.50. The average Bonchev–Trinajstić information content (AvgIpc) is 3.15. The minimum atomic E-state index is -0.468. The maximum atomic E-state index is 12.8. The van der Waals surface area contributed by atoms with Crippen LogP contribution >= 0.6 is 0 Å². The minimum Gasteiger partial charge on any atom is -0.364 e. The molecule has 2 aliphatic heterocycles. The number of hydrogen-bond acceptors (Lipinski definition) is 6. The Morgan fingerprint density at radius 2 is 1.92 bits per heavy atom. The van der Waals surface area contributed by atoms with Crippen LogP contribution in [0.25, 0.3) is 0 Å². The lowest BCUT2D eigenvalue weighted by molar-refractivity contribution is -0.181. The van der Waals surface area contributed by atoms with Crippen molar-refractivity contribution in [3.05, 3.63) is 54.0 Å². The van der Waals surface area contributed by atoms with Crippen LogP contribution in [0.1, 0.15) is 28.9 Å². The second kappa shape index (κ2) is 7.39. The molecule has 0 aliphatic carbocycles. The fourth-order valence-electron chi connectivity index (χ4n) is 3.36. The van der Waals surface area contributed by atoms with Gasteiger partial charge in [0.15, 0.2) is 5.79 Å². The minimum absolute atomic E-state index is 0.0149. The normalized spacial score (nSPS) is 18.8. The summed E-state index contributed by atoms with van der Waals surface area (Å²) in [6, 6.07) is 9.31. The van der Waals surface area contributed by atoms with Crippen LogP contribution in [0, 0.1) is 0 Å². The number of rotatable bonds is 4. The van der Waals surface area contributed by atoms with E-state index >= 15 is 0 Å². The molecular weight excluding hydrogens is 332 g/mol. The fraction of sp³-hybridized carbons (Fsp3) is 0.421. The molecule has 1 N–H and O–H groups in total. The number of nitrogens with zero attached hydrogens (tertiary/aromatic N) is 3. The number of nitrogens with one attached hydrogen (secondary N) is 1. The lowest BCUT2D eigenvalue weighted by atomic mass is 10.0. The molecular formula is C19H22N4O3. The third kappa shape index (κ3) is 3.68. The van der Waals surface area contributed by atoms with Gasteiger partial charge < -0.3 is 19.7 Å². The molecule has 0 bridgehead atoms. The van der Waals surface area contributed by atoms with Crippen LogP contribution in [-0.2, 0) is 16.0 Å². The Balaban J connectivity index is 1.37. The van der Waals surface area contributed by atoms with Crippen molar-refractivity contribution in [2.45, 2.75) is 25.2 Å². The molecule has 0 radical (unpaired) electrons. The summed E-state index contributed by atoms with van der Waals surface area (Å²) in [5, 5.41) is 3.21. The predicted octanol–water partition coefficient (Wildman–Crippen LogP) is 2.07. The third-order valence-electron chi connectivity index (χ3n) is 4.81. The van der Waals surface area contributed by atoms with Crippen molar-refractivity contribution >= 4 is 11.7 Å². The molecule has 4 heterocycles. The van der Waals surface area contributed by atoms with E-state index in [9.17, 15) is 4.79 Å². The Hall–Kier alpha value is -2.51. The molecule has 0 unspecified atom stereocenters. The van der Waals surface area contributed by atoms with Crippen molar-refractivity contribution in [2.75, 3.05) is 31.6 Å². The first-order valence-corrected chi connectivity index (χ1v) is 8.91. The molecule has 0 saturated carbocycles. The summed E-state index contributed by atoms with van der Waals surface area (Å²) in [7, 11) is 0. The third-order valence-corrected chi connectivity index (χ3v) is 4.81. The highest BCUT2D eigenvalue weighted by Gasteiger charge is 2.40. The highest BCUT2D eigenvalue weighted by Crippen LogP contribution is 2.31. The molecule has 1 spiro atoms. The number of ether oxygens (including phenoxy) is 2. The van der Waals surface area contributed by atoms with E-state index in [1.165, 1.54) is 0 Å². The smallest absolute Gasteiger partial charge is 0.254 e. The van der Waals surface area contributed by atoms with Gasteiger partial charge in [0.1, 0.15) is 5.82 Å². The van der Waals surface area contributed by atoms with Crippen LogP contribution in [0.4, 0.5) is 5.82 Å². The molecule has 4 rings (SSSR count). The fourth-order valence-corrected chi connectivity index (χ4v) is 3.36. The molecule has 1 amide bonds. The van der Waals surface area contributed by atoms with Crippen LogP contribution in [-0.4, -0.2) is 52.9 Å². The Morgan fingerprint density at radius 1 is 1.12 bits per heavy atom. The highest BCUT2D eigenvalue weighted by molar-refractivity contribution is 5.94. The highest BCUT2D eigenvalue weighted by atomic mass is 16.7. The first-order valence-electron chi connectivity index (χ1n) is 8.91. The number of likely N-dealkylation sites (tertiary alicyclic amines) is 1. The molecule has 7 heteroatoms. The zero-order chi connectivity index (χ0) is 17.8. The van der Waals surface area contributed by atoms with Gasteiger partial charge in [-0.15, -0.1) is 0 Å². The number of hydrogen-bond donors (Lipinski definition) is 1. The number of pyridine rings is 2. The monoisotopic (exact) mass is 354 g/mol. The lowest BCUT2D eigenvalue weighted by Crippen LogP contribution is -2.47. The average molecular weight is 354 g/mol. The van der Waals surface area contributed by atoms with Gasteiger partial charge in [0.2, 0.25) is 0 Å². The van der Waals surface area contributed by atoms with Crippen molar-refractivity contribution in [2.24, 2.45) is 0 Å². The Morgan fingerprint density at radius 3 is 2.65 bits per heavy atom. The van der Waals surface area contributed by atoms with Gasteiger partial charge in [-0.3, -0.25) is 9.78 Å². The zero-order valence-corrected chi connectivity index (χ0v) is 14.6. The molecule has 2 aromatic heterocycles. The summed E-state index contributed by atoms with van der Waals surface area (Å²) in [5.74, 6) is 0.211. The quantitative estimate of drug-likeness (QED) is 0.906. The van der Waals surface area contributed by atoms with E-state index in [-0.39, 0.29) is 5.91 Å². The largest absolute Gasteiger partial charge is 0.364 e. The summed E-state index contributed by atoms with van der Waals surface area (Å²) in [4.78, 5) is 23.2. The van der Waals surface area contributed by atoms with Crippen LogP contribution in [0.2, 0.25) is 0 Å². The number of aromatic nitrogens is 2. The summed E-state index contributed by atoms with van der Waals surface area (Å²) >= 11 is 0. The van der Waals surface area contributed by atoms with E-state index in [4.69, 9.17) is 9.47 Å². The first kappa shape index (κ1) is 16.9. The molecule has 0 aromatic carbocycles. The Bertz CT molecular complexity index is 752. The summed E-state index contributed by atoms with van der Waals surface area (Å²) < 4.78 is 11.4. The van der Waals surface area contributed by atoms with Gasteiger partial charge in [0, 0.05) is 43.9 Å². The van der Waals surface area contributed by atoms with Crippen molar-refractivity contribution in [3.63, 3.8) is 0 Å². The van der Waals surface area contributed by atoms with Gasteiger partial charge >= 0.3 is 0 Å². The van der Waals surface area contributed by atoms with Crippen molar-refractivity contribution in [3.8, 4) is 0 Å². The van der Waals surface area contributed by atoms with Gasteiger partial charge in [-0.25, -0.2) is 4.98 Å². The topological polar surface area (TPSA) is 76.6 Å². The first-order chi connectivity index (χ1) is 12.7. The standard InChI is InChI=1S/C19H22N4O3/c24-18(23-9-5-19(6-10-23)25-11-12-26-19)15-4-8-21-17(13-15)22-14-16-3-1-2-7-20-16/h1-4,7-8,13H,5-6,9-12,14H2,(H,21,22). The van der Waals surface area contributed by atoms with Gasteiger partial charge in [-0.2, -0.15) is 0 Å². The molecule has 136 valence electrons. The number of amides is 1. The van der Waals surface area contributed by atoms with E-state index in [1.807, 2.05) is 23.1 Å². The van der Waals surface area contributed by atoms with E-state index in [0.717, 1.165) is 5.69 Å².